The highest BCUT2D eigenvalue weighted by atomic mass is 16.5. The van der Waals surface area contributed by atoms with Gasteiger partial charge in [-0.15, -0.1) is 10.2 Å². The van der Waals surface area contributed by atoms with Crippen LogP contribution >= 0.6 is 0 Å². The predicted octanol–water partition coefficient (Wildman–Crippen LogP) is 3.05. The van der Waals surface area contributed by atoms with E-state index >= 15 is 0 Å². The SMILES string of the molecule is C=C1[C@@H](C)N(CCOc2ccc(C3CCN(c4ccc5nnc(OC)n5n4)CC3)cc2)CCN1C. The van der Waals surface area contributed by atoms with Crippen molar-refractivity contribution in [3.63, 3.8) is 0 Å². The number of anilines is 1. The molecule has 0 spiro atoms. The fourth-order valence-electron chi connectivity index (χ4n) is 5.07. The molecule has 35 heavy (non-hydrogen) atoms. The van der Waals surface area contributed by atoms with E-state index in [1.807, 2.05) is 12.1 Å². The third-order valence-electron chi connectivity index (χ3n) is 7.46. The van der Waals surface area contributed by atoms with E-state index in [1.165, 1.54) is 11.3 Å². The van der Waals surface area contributed by atoms with Gasteiger partial charge in [0.2, 0.25) is 0 Å². The second-order valence-corrected chi connectivity index (χ2v) is 9.45. The molecule has 4 heterocycles. The lowest BCUT2D eigenvalue weighted by Gasteiger charge is -2.40. The van der Waals surface area contributed by atoms with Crippen molar-refractivity contribution in [2.24, 2.45) is 0 Å². The molecule has 0 radical (unpaired) electrons. The number of benzene rings is 1. The zero-order valence-electron chi connectivity index (χ0n) is 20.9. The molecule has 1 atom stereocenters. The molecular weight excluding hydrogens is 442 g/mol. The summed E-state index contributed by atoms with van der Waals surface area (Å²) >= 11 is 0. The third-order valence-corrected chi connectivity index (χ3v) is 7.46. The molecule has 9 nitrogen and oxygen atoms in total. The number of nitrogens with zero attached hydrogens (tertiary/aromatic N) is 7. The molecule has 0 aliphatic carbocycles. The number of piperidine rings is 1. The molecule has 0 N–H and O–H groups in total. The van der Waals surface area contributed by atoms with Gasteiger partial charge in [-0.05, 0) is 55.5 Å². The summed E-state index contributed by atoms with van der Waals surface area (Å²) in [6.07, 6.45) is 2.18. The Morgan fingerprint density at radius 1 is 1.00 bits per heavy atom. The van der Waals surface area contributed by atoms with Crippen LogP contribution in [0, 0.1) is 0 Å². The molecule has 2 saturated heterocycles. The van der Waals surface area contributed by atoms with E-state index in [1.54, 1.807) is 11.6 Å². The predicted molar refractivity (Wildman–Crippen MR) is 136 cm³/mol. The van der Waals surface area contributed by atoms with Gasteiger partial charge in [-0.3, -0.25) is 4.90 Å². The van der Waals surface area contributed by atoms with Crippen LogP contribution in [0.4, 0.5) is 5.82 Å². The molecule has 186 valence electrons. The molecule has 0 unspecified atom stereocenters. The van der Waals surface area contributed by atoms with Gasteiger partial charge in [-0.1, -0.05) is 23.8 Å². The second-order valence-electron chi connectivity index (χ2n) is 9.45. The number of ether oxygens (including phenoxy) is 2. The van der Waals surface area contributed by atoms with Gasteiger partial charge in [0.05, 0.1) is 7.11 Å². The van der Waals surface area contributed by atoms with Gasteiger partial charge < -0.3 is 19.3 Å². The van der Waals surface area contributed by atoms with E-state index < -0.39 is 0 Å². The monoisotopic (exact) mass is 477 g/mol. The minimum atomic E-state index is 0.362. The first-order valence-electron chi connectivity index (χ1n) is 12.4. The molecule has 2 fully saturated rings. The van der Waals surface area contributed by atoms with Gasteiger partial charge in [0, 0.05) is 51.5 Å². The van der Waals surface area contributed by atoms with Crippen LogP contribution in [-0.2, 0) is 0 Å². The summed E-state index contributed by atoms with van der Waals surface area (Å²) < 4.78 is 13.0. The summed E-state index contributed by atoms with van der Waals surface area (Å²) in [7, 11) is 3.70. The minimum absolute atomic E-state index is 0.362. The van der Waals surface area contributed by atoms with Crippen LogP contribution in [0.15, 0.2) is 48.7 Å². The topological polar surface area (TPSA) is 71.3 Å². The van der Waals surface area contributed by atoms with Crippen LogP contribution in [0.25, 0.3) is 5.65 Å². The highest BCUT2D eigenvalue weighted by Crippen LogP contribution is 2.31. The average molecular weight is 478 g/mol. The van der Waals surface area contributed by atoms with Crippen molar-refractivity contribution in [1.82, 2.24) is 29.6 Å². The Morgan fingerprint density at radius 2 is 1.77 bits per heavy atom. The maximum absolute atomic E-state index is 6.06. The normalized spacial score (nSPS) is 20.0. The lowest BCUT2D eigenvalue weighted by Crippen LogP contribution is -2.49. The molecule has 0 amide bonds. The molecule has 5 rings (SSSR count). The molecular formula is C26H35N7O2. The van der Waals surface area contributed by atoms with E-state index in [0.717, 1.165) is 57.1 Å². The van der Waals surface area contributed by atoms with Crippen molar-refractivity contribution in [3.05, 3.63) is 54.2 Å². The first-order valence-corrected chi connectivity index (χ1v) is 12.4. The highest BCUT2D eigenvalue weighted by Gasteiger charge is 2.25. The van der Waals surface area contributed by atoms with Gasteiger partial charge in [0.1, 0.15) is 18.2 Å². The maximum Gasteiger partial charge on any atom is 0.338 e. The third kappa shape index (κ3) is 4.91. The van der Waals surface area contributed by atoms with Crippen molar-refractivity contribution in [2.75, 3.05) is 58.4 Å². The smallest absolute Gasteiger partial charge is 0.338 e. The summed E-state index contributed by atoms with van der Waals surface area (Å²) in [5, 5.41) is 12.8. The fourth-order valence-corrected chi connectivity index (χ4v) is 5.07. The number of hydrogen-bond donors (Lipinski definition) is 0. The minimum Gasteiger partial charge on any atom is -0.492 e. The van der Waals surface area contributed by atoms with E-state index in [9.17, 15) is 0 Å². The van der Waals surface area contributed by atoms with Crippen molar-refractivity contribution >= 4 is 11.5 Å². The average Bonchev–Trinajstić information content (AvgIpc) is 3.31. The summed E-state index contributed by atoms with van der Waals surface area (Å²) in [5.41, 5.74) is 3.25. The van der Waals surface area contributed by atoms with Crippen molar-refractivity contribution < 1.29 is 9.47 Å². The number of likely N-dealkylation sites (N-methyl/N-ethyl adjacent to an activating group) is 1. The molecule has 2 aliphatic rings. The van der Waals surface area contributed by atoms with Crippen LogP contribution in [0.1, 0.15) is 31.2 Å². The standard InChI is InChI=1S/C26H35N7O2/c1-19-20(2)31(16-15-30(19)3)17-18-35-23-7-5-21(6-8-23)22-11-13-32(14-12-22)25-10-9-24-27-28-26(34-4)33(24)29-25/h5-10,20,22H,1,11-18H2,2-4H3/t20-/m1/s1. The maximum atomic E-state index is 6.06. The van der Waals surface area contributed by atoms with Gasteiger partial charge >= 0.3 is 6.01 Å². The molecule has 9 heteroatoms. The number of hydrogen-bond acceptors (Lipinski definition) is 8. The van der Waals surface area contributed by atoms with Crippen LogP contribution in [0.5, 0.6) is 11.8 Å². The van der Waals surface area contributed by atoms with Gasteiger partial charge in [-0.25, -0.2) is 0 Å². The number of piperazine rings is 1. The second kappa shape index (κ2) is 10.1. The first-order chi connectivity index (χ1) is 17.0. The Hall–Kier alpha value is -3.33. The van der Waals surface area contributed by atoms with Crippen molar-refractivity contribution in [1.29, 1.82) is 0 Å². The summed E-state index contributed by atoms with van der Waals surface area (Å²) in [5.74, 6) is 2.41. The Labute approximate surface area is 206 Å². The number of fused-ring (bicyclic) bond motifs is 1. The fraction of sp³-hybridized carbons (Fsp3) is 0.500. The zero-order valence-corrected chi connectivity index (χ0v) is 20.9. The molecule has 2 aromatic heterocycles. The Kier molecular flexibility index (Phi) is 6.77. The van der Waals surface area contributed by atoms with E-state index in [0.29, 0.717) is 30.2 Å². The Bertz CT molecular complexity index is 1150. The van der Waals surface area contributed by atoms with E-state index in [-0.39, 0.29) is 0 Å². The van der Waals surface area contributed by atoms with Crippen molar-refractivity contribution in [2.45, 2.75) is 31.7 Å². The first kappa shape index (κ1) is 23.4. The lowest BCUT2D eigenvalue weighted by atomic mass is 9.89. The summed E-state index contributed by atoms with van der Waals surface area (Å²) in [6.45, 7) is 12.0. The number of rotatable bonds is 7. The van der Waals surface area contributed by atoms with E-state index in [2.05, 4.69) is 74.8 Å². The van der Waals surface area contributed by atoms with Gasteiger partial charge in [-0.2, -0.15) is 4.52 Å². The highest BCUT2D eigenvalue weighted by molar-refractivity contribution is 5.47. The quantitative estimate of drug-likeness (QED) is 0.514. The van der Waals surface area contributed by atoms with Crippen LogP contribution in [0.3, 0.4) is 0 Å². The van der Waals surface area contributed by atoms with Crippen molar-refractivity contribution in [3.8, 4) is 11.8 Å². The van der Waals surface area contributed by atoms with Gasteiger partial charge in [0.25, 0.3) is 0 Å². The van der Waals surface area contributed by atoms with Crippen LogP contribution in [0.2, 0.25) is 0 Å². The summed E-state index contributed by atoms with van der Waals surface area (Å²) in [4.78, 5) is 7.01. The number of methoxy groups -OCH3 is 1. The Morgan fingerprint density at radius 3 is 2.51 bits per heavy atom. The largest absolute Gasteiger partial charge is 0.492 e. The zero-order chi connectivity index (χ0) is 24.4. The molecule has 0 saturated carbocycles. The summed E-state index contributed by atoms with van der Waals surface area (Å²) in [6, 6.07) is 13.4. The Balaban J connectivity index is 1.12. The molecule has 2 aliphatic heterocycles. The molecule has 3 aromatic rings. The van der Waals surface area contributed by atoms with Gasteiger partial charge in [0.15, 0.2) is 5.65 Å². The van der Waals surface area contributed by atoms with Crippen LogP contribution < -0.4 is 14.4 Å². The lowest BCUT2D eigenvalue weighted by molar-refractivity contribution is 0.122. The molecule has 1 aromatic carbocycles. The van der Waals surface area contributed by atoms with E-state index in [4.69, 9.17) is 9.47 Å². The number of aromatic nitrogens is 4. The van der Waals surface area contributed by atoms with Crippen LogP contribution in [-0.4, -0.2) is 89.1 Å². The molecule has 0 bridgehead atoms.